The summed E-state index contributed by atoms with van der Waals surface area (Å²) in [6.45, 7) is 2.05. The van der Waals surface area contributed by atoms with E-state index >= 15 is 0 Å². The number of nitro benzene ring substituents is 1. The van der Waals surface area contributed by atoms with Crippen LogP contribution in [0.25, 0.3) is 0 Å². The number of aromatic nitrogens is 3. The molecule has 3 aromatic rings. The van der Waals surface area contributed by atoms with Crippen molar-refractivity contribution >= 4 is 40.9 Å². The summed E-state index contributed by atoms with van der Waals surface area (Å²) in [7, 11) is 0. The molecule has 0 fully saturated rings. The molecule has 0 aliphatic carbocycles. The Morgan fingerprint density at radius 3 is 2.70 bits per heavy atom. The van der Waals surface area contributed by atoms with E-state index in [4.69, 9.17) is 16.3 Å². The summed E-state index contributed by atoms with van der Waals surface area (Å²) in [5.41, 5.74) is 0.763. The van der Waals surface area contributed by atoms with Crippen LogP contribution in [-0.2, 0) is 17.1 Å². The second kappa shape index (κ2) is 10.1. The van der Waals surface area contributed by atoms with Crippen LogP contribution in [-0.4, -0.2) is 32.2 Å². The van der Waals surface area contributed by atoms with Gasteiger partial charge in [0.25, 0.3) is 5.91 Å². The number of ether oxygens (including phenoxy) is 1. The lowest BCUT2D eigenvalue weighted by Crippen LogP contribution is -2.22. The topological polar surface area (TPSA) is 112 Å². The highest BCUT2D eigenvalue weighted by atomic mass is 35.5. The number of nitrogens with zero attached hydrogens (tertiary/aromatic N) is 4. The van der Waals surface area contributed by atoms with Crippen LogP contribution in [0, 0.1) is 10.1 Å². The third kappa shape index (κ3) is 5.28. The van der Waals surface area contributed by atoms with Crippen LogP contribution < -0.4 is 10.1 Å². The minimum Gasteiger partial charge on any atom is -0.477 e. The number of carbonyl (C=O) groups is 1. The van der Waals surface area contributed by atoms with Crippen molar-refractivity contribution in [3.8, 4) is 5.75 Å². The molecule has 1 amide bonds. The average Bonchev–Trinajstić information content (AvgIpc) is 3.13. The van der Waals surface area contributed by atoms with E-state index in [9.17, 15) is 14.9 Å². The van der Waals surface area contributed by atoms with Crippen LogP contribution in [0.1, 0.15) is 12.5 Å². The molecule has 0 aliphatic rings. The number of nitro groups is 1. The zero-order valence-corrected chi connectivity index (χ0v) is 17.5. The third-order valence-corrected chi connectivity index (χ3v) is 5.40. The van der Waals surface area contributed by atoms with Crippen molar-refractivity contribution in [2.24, 2.45) is 0 Å². The van der Waals surface area contributed by atoms with Crippen LogP contribution in [0.5, 0.6) is 5.75 Å². The number of para-hydroxylation sites is 2. The molecule has 11 heteroatoms. The highest BCUT2D eigenvalue weighted by molar-refractivity contribution is 7.98. The van der Waals surface area contributed by atoms with Gasteiger partial charge in [0.15, 0.2) is 17.5 Å². The molecule has 156 valence electrons. The van der Waals surface area contributed by atoms with E-state index in [1.807, 2.05) is 31.2 Å². The predicted molar refractivity (Wildman–Crippen MR) is 114 cm³/mol. The number of hydrogen-bond donors (Lipinski definition) is 1. The summed E-state index contributed by atoms with van der Waals surface area (Å²) in [4.78, 5) is 22.7. The lowest BCUT2D eigenvalue weighted by Gasteiger charge is -2.09. The van der Waals surface area contributed by atoms with Crippen molar-refractivity contribution < 1.29 is 14.5 Å². The van der Waals surface area contributed by atoms with Crippen LogP contribution in [0.2, 0.25) is 5.02 Å². The van der Waals surface area contributed by atoms with Gasteiger partial charge in [0.2, 0.25) is 5.95 Å². The van der Waals surface area contributed by atoms with Gasteiger partial charge in [0, 0.05) is 23.4 Å². The second-order valence-corrected chi connectivity index (χ2v) is 7.34. The zero-order chi connectivity index (χ0) is 21.5. The Morgan fingerprint density at radius 1 is 1.23 bits per heavy atom. The second-order valence-electron chi connectivity index (χ2n) is 5.99. The molecule has 1 aromatic heterocycles. The van der Waals surface area contributed by atoms with Crippen LogP contribution in [0.15, 0.2) is 53.7 Å². The molecule has 0 saturated heterocycles. The third-order valence-electron chi connectivity index (χ3n) is 4.02. The van der Waals surface area contributed by atoms with Gasteiger partial charge in [-0.25, -0.2) is 0 Å². The Hall–Kier alpha value is -3.11. The molecule has 9 nitrogen and oxygen atoms in total. The Morgan fingerprint density at radius 2 is 1.97 bits per heavy atom. The molecule has 1 N–H and O–H groups in total. The number of benzene rings is 2. The summed E-state index contributed by atoms with van der Waals surface area (Å²) in [6, 6.07) is 13.4. The van der Waals surface area contributed by atoms with E-state index in [2.05, 4.69) is 15.5 Å². The zero-order valence-electron chi connectivity index (χ0n) is 15.9. The smallest absolute Gasteiger partial charge is 0.310 e. The minimum absolute atomic E-state index is 0.0191. The fourth-order valence-electron chi connectivity index (χ4n) is 2.56. The lowest BCUT2D eigenvalue weighted by molar-refractivity contribution is -0.385. The molecule has 0 atom stereocenters. The highest BCUT2D eigenvalue weighted by Crippen LogP contribution is 2.27. The number of amides is 1. The summed E-state index contributed by atoms with van der Waals surface area (Å²) in [5, 5.41) is 23.1. The molecular weight excluding hydrogens is 430 g/mol. The van der Waals surface area contributed by atoms with Crippen molar-refractivity contribution in [3.63, 3.8) is 0 Å². The predicted octanol–water partition coefficient (Wildman–Crippen LogP) is 4.17. The minimum atomic E-state index is -0.566. The van der Waals surface area contributed by atoms with E-state index in [0.717, 1.165) is 5.56 Å². The lowest BCUT2D eigenvalue weighted by atomic mass is 10.2. The summed E-state index contributed by atoms with van der Waals surface area (Å²) < 4.78 is 7.05. The molecule has 0 aliphatic heterocycles. The van der Waals surface area contributed by atoms with Crippen LogP contribution in [0.3, 0.4) is 0 Å². The van der Waals surface area contributed by atoms with Gasteiger partial charge in [-0.2, -0.15) is 0 Å². The first-order chi connectivity index (χ1) is 14.5. The van der Waals surface area contributed by atoms with Gasteiger partial charge in [-0.15, -0.1) is 10.2 Å². The van der Waals surface area contributed by atoms with Crippen LogP contribution >= 0.6 is 23.4 Å². The number of nitrogens with one attached hydrogen (secondary N) is 1. The highest BCUT2D eigenvalue weighted by Gasteiger charge is 2.17. The summed E-state index contributed by atoms with van der Waals surface area (Å²) in [5.74, 6) is 0.394. The van der Waals surface area contributed by atoms with E-state index in [1.54, 1.807) is 10.6 Å². The molecule has 0 unspecified atom stereocenters. The van der Waals surface area contributed by atoms with Gasteiger partial charge < -0.3 is 4.74 Å². The van der Waals surface area contributed by atoms with E-state index < -0.39 is 17.4 Å². The Balaban J connectivity index is 1.62. The van der Waals surface area contributed by atoms with Gasteiger partial charge in [0.1, 0.15) is 0 Å². The standard InChI is InChI=1S/C19H18ClN5O4S/c1-2-24-18(22-23-19(24)30-12-13-7-3-4-8-14(13)20)21-17(26)11-29-16-10-6-5-9-15(16)25(27)28/h3-10H,2,11-12H2,1H3,(H,21,22,26). The summed E-state index contributed by atoms with van der Waals surface area (Å²) >= 11 is 7.63. The molecule has 0 spiro atoms. The molecule has 30 heavy (non-hydrogen) atoms. The Kier molecular flexibility index (Phi) is 7.26. The molecular formula is C19H18ClN5O4S. The fraction of sp³-hybridized carbons (Fsp3) is 0.211. The van der Waals surface area contributed by atoms with E-state index in [1.165, 1.54) is 30.0 Å². The summed E-state index contributed by atoms with van der Waals surface area (Å²) in [6.07, 6.45) is 0. The number of halogens is 1. The van der Waals surface area contributed by atoms with E-state index in [-0.39, 0.29) is 17.4 Å². The first-order valence-corrected chi connectivity index (χ1v) is 10.3. The molecule has 3 rings (SSSR count). The number of carbonyl (C=O) groups excluding carboxylic acids is 1. The molecule has 2 aromatic carbocycles. The van der Waals surface area contributed by atoms with Gasteiger partial charge in [0.05, 0.1) is 4.92 Å². The monoisotopic (exact) mass is 447 g/mol. The molecule has 0 radical (unpaired) electrons. The first kappa shape index (κ1) is 21.6. The van der Waals surface area contributed by atoms with Gasteiger partial charge in [-0.3, -0.25) is 24.8 Å². The van der Waals surface area contributed by atoms with Crippen molar-refractivity contribution in [1.82, 2.24) is 14.8 Å². The quantitative estimate of drug-likeness (QED) is 0.297. The van der Waals surface area contributed by atoms with Crippen molar-refractivity contribution in [2.45, 2.75) is 24.4 Å². The number of anilines is 1. The maximum Gasteiger partial charge on any atom is 0.310 e. The van der Waals surface area contributed by atoms with Gasteiger partial charge in [-0.1, -0.05) is 53.7 Å². The number of hydrogen-bond acceptors (Lipinski definition) is 7. The van der Waals surface area contributed by atoms with E-state index in [0.29, 0.717) is 22.5 Å². The van der Waals surface area contributed by atoms with Crippen LogP contribution in [0.4, 0.5) is 11.6 Å². The van der Waals surface area contributed by atoms with Gasteiger partial charge >= 0.3 is 5.69 Å². The number of thioether (sulfide) groups is 1. The SMILES string of the molecule is CCn1c(NC(=O)COc2ccccc2[N+](=O)[O-])nnc1SCc1ccccc1Cl. The first-order valence-electron chi connectivity index (χ1n) is 8.95. The van der Waals surface area contributed by atoms with Crippen molar-refractivity contribution in [2.75, 3.05) is 11.9 Å². The maximum atomic E-state index is 12.3. The maximum absolute atomic E-state index is 12.3. The normalized spacial score (nSPS) is 10.6. The molecule has 1 heterocycles. The van der Waals surface area contributed by atoms with Crippen molar-refractivity contribution in [3.05, 3.63) is 69.2 Å². The van der Waals surface area contributed by atoms with Crippen molar-refractivity contribution in [1.29, 1.82) is 0 Å². The molecule has 0 saturated carbocycles. The Labute approximate surface area is 181 Å². The number of rotatable bonds is 9. The molecule has 0 bridgehead atoms. The fourth-order valence-corrected chi connectivity index (χ4v) is 3.85. The average molecular weight is 448 g/mol. The van der Waals surface area contributed by atoms with Gasteiger partial charge in [-0.05, 0) is 24.6 Å². The Bertz CT molecular complexity index is 1060. The largest absolute Gasteiger partial charge is 0.477 e.